The Kier molecular flexibility index (Phi) is 5.43. The van der Waals surface area contributed by atoms with Gasteiger partial charge in [-0.1, -0.05) is 0 Å². The maximum atomic E-state index is 14.0. The second-order valence-electron chi connectivity index (χ2n) is 7.20. The van der Waals surface area contributed by atoms with Crippen molar-refractivity contribution in [1.82, 2.24) is 0 Å². The van der Waals surface area contributed by atoms with Crippen LogP contribution >= 0.6 is 0 Å². The molecule has 8 nitrogen and oxygen atoms in total. The van der Waals surface area contributed by atoms with Gasteiger partial charge in [-0.05, 0) is 39.0 Å². The molecule has 1 aliphatic rings. The second kappa shape index (κ2) is 7.26. The molecule has 0 bridgehead atoms. The Morgan fingerprint density at radius 2 is 1.78 bits per heavy atom. The number of ether oxygens (including phenoxy) is 3. The summed E-state index contributed by atoms with van der Waals surface area (Å²) < 4.78 is 29.0. The second-order valence-corrected chi connectivity index (χ2v) is 7.20. The van der Waals surface area contributed by atoms with E-state index in [4.69, 9.17) is 14.2 Å². The lowest BCUT2D eigenvalue weighted by molar-refractivity contribution is -0.222. The zero-order valence-corrected chi connectivity index (χ0v) is 15.6. The van der Waals surface area contributed by atoms with Crippen LogP contribution in [0.4, 0.5) is 20.6 Å². The molecular weight excluding hydrogens is 359 g/mol. The number of rotatable bonds is 3. The van der Waals surface area contributed by atoms with Gasteiger partial charge in [0, 0.05) is 25.7 Å². The van der Waals surface area contributed by atoms with Crippen molar-refractivity contribution in [3.05, 3.63) is 35.8 Å². The van der Waals surface area contributed by atoms with Gasteiger partial charge in [0.25, 0.3) is 5.79 Å². The molecule has 0 aliphatic carbocycles. The van der Waals surface area contributed by atoms with Gasteiger partial charge in [-0.3, -0.25) is 5.32 Å². The summed E-state index contributed by atoms with van der Waals surface area (Å²) >= 11 is 0. The van der Waals surface area contributed by atoms with Gasteiger partial charge in [-0.25, -0.2) is 18.8 Å². The summed E-state index contributed by atoms with van der Waals surface area (Å²) in [4.78, 5) is 35.5. The van der Waals surface area contributed by atoms with Crippen molar-refractivity contribution in [2.24, 2.45) is 0 Å². The first-order valence-electron chi connectivity index (χ1n) is 8.09. The summed E-state index contributed by atoms with van der Waals surface area (Å²) in [6, 6.07) is 3.72. The molecule has 0 aromatic heterocycles. The van der Waals surface area contributed by atoms with Crippen molar-refractivity contribution in [3.8, 4) is 0 Å². The Hall–Kier alpha value is -3.10. The average molecular weight is 380 g/mol. The fourth-order valence-electron chi connectivity index (χ4n) is 2.06. The molecule has 1 amide bonds. The van der Waals surface area contributed by atoms with Crippen LogP contribution in [-0.4, -0.2) is 29.4 Å². The summed E-state index contributed by atoms with van der Waals surface area (Å²) in [7, 11) is 0. The van der Waals surface area contributed by atoms with Gasteiger partial charge >= 0.3 is 18.0 Å². The predicted octanol–water partition coefficient (Wildman–Crippen LogP) is 3.30. The number of hydrogen-bond donors (Lipinski definition) is 2. The number of esters is 2. The first kappa shape index (κ1) is 20.2. The highest BCUT2D eigenvalue weighted by molar-refractivity contribution is 6.15. The van der Waals surface area contributed by atoms with Gasteiger partial charge in [0.2, 0.25) is 0 Å². The van der Waals surface area contributed by atoms with Crippen molar-refractivity contribution >= 4 is 29.4 Å². The molecule has 146 valence electrons. The smallest absolute Gasteiger partial charge is 0.412 e. The number of amides is 1. The molecule has 27 heavy (non-hydrogen) atoms. The quantitative estimate of drug-likeness (QED) is 0.471. The Labute approximate surface area is 155 Å². The minimum absolute atomic E-state index is 0.0820. The van der Waals surface area contributed by atoms with Crippen LogP contribution in [0, 0.1) is 5.82 Å². The number of nitrogens with one attached hydrogen (secondary N) is 2. The zero-order valence-electron chi connectivity index (χ0n) is 15.6. The Morgan fingerprint density at radius 1 is 1.19 bits per heavy atom. The van der Waals surface area contributed by atoms with Crippen molar-refractivity contribution in [2.75, 3.05) is 10.6 Å². The lowest BCUT2D eigenvalue weighted by Crippen LogP contribution is -2.42. The molecule has 1 heterocycles. The summed E-state index contributed by atoms with van der Waals surface area (Å²) in [6.07, 6.45) is 0.273. The topological polar surface area (TPSA) is 103 Å². The van der Waals surface area contributed by atoms with Gasteiger partial charge in [0.05, 0.1) is 5.69 Å². The molecule has 0 atom stereocenters. The van der Waals surface area contributed by atoms with Crippen molar-refractivity contribution in [1.29, 1.82) is 0 Å². The van der Waals surface area contributed by atoms with E-state index in [2.05, 4.69) is 10.6 Å². The molecule has 1 fully saturated rings. The van der Waals surface area contributed by atoms with E-state index in [1.807, 2.05) is 0 Å². The van der Waals surface area contributed by atoms with E-state index in [1.165, 1.54) is 26.0 Å². The third-order valence-corrected chi connectivity index (χ3v) is 3.10. The largest absolute Gasteiger partial charge is 0.444 e. The Bertz CT molecular complexity index is 789. The van der Waals surface area contributed by atoms with Crippen molar-refractivity contribution < 1.29 is 33.0 Å². The molecule has 1 saturated heterocycles. The van der Waals surface area contributed by atoms with E-state index in [0.29, 0.717) is 0 Å². The average Bonchev–Trinajstić information content (AvgIpc) is 2.46. The highest BCUT2D eigenvalue weighted by Gasteiger charge is 2.39. The summed E-state index contributed by atoms with van der Waals surface area (Å²) in [5, 5.41) is 4.96. The van der Waals surface area contributed by atoms with Crippen LogP contribution in [0.2, 0.25) is 0 Å². The van der Waals surface area contributed by atoms with Gasteiger partial charge in [0.1, 0.15) is 11.4 Å². The molecule has 0 saturated carbocycles. The summed E-state index contributed by atoms with van der Waals surface area (Å²) in [6.45, 7) is 7.96. The van der Waals surface area contributed by atoms with Crippen molar-refractivity contribution in [2.45, 2.75) is 46.0 Å². The van der Waals surface area contributed by atoms with Crippen LogP contribution < -0.4 is 10.6 Å². The monoisotopic (exact) mass is 380 g/mol. The predicted molar refractivity (Wildman–Crippen MR) is 94.2 cm³/mol. The highest BCUT2D eigenvalue weighted by atomic mass is 19.1. The van der Waals surface area contributed by atoms with E-state index in [1.54, 1.807) is 20.8 Å². The molecule has 1 aromatic carbocycles. The van der Waals surface area contributed by atoms with Crippen LogP contribution in [0.1, 0.15) is 34.6 Å². The Morgan fingerprint density at radius 3 is 2.33 bits per heavy atom. The van der Waals surface area contributed by atoms with Gasteiger partial charge in [-0.2, -0.15) is 0 Å². The number of hydrogen-bond acceptors (Lipinski definition) is 7. The van der Waals surface area contributed by atoms with E-state index in [0.717, 1.165) is 12.3 Å². The first-order valence-corrected chi connectivity index (χ1v) is 8.09. The molecule has 0 unspecified atom stereocenters. The van der Waals surface area contributed by atoms with Crippen LogP contribution in [-0.2, 0) is 23.8 Å². The normalized spacial score (nSPS) is 16.1. The maximum Gasteiger partial charge on any atom is 0.412 e. The van der Waals surface area contributed by atoms with Crippen LogP contribution in [0.5, 0.6) is 0 Å². The number of cyclic esters (lactones) is 2. The van der Waals surface area contributed by atoms with Crippen LogP contribution in [0.25, 0.3) is 0 Å². The maximum absolute atomic E-state index is 14.0. The van der Waals surface area contributed by atoms with E-state index in [-0.39, 0.29) is 11.4 Å². The number of carbonyl (C=O) groups is 3. The molecule has 0 radical (unpaired) electrons. The van der Waals surface area contributed by atoms with Gasteiger partial charge in [0.15, 0.2) is 5.57 Å². The number of benzene rings is 1. The van der Waals surface area contributed by atoms with Crippen LogP contribution in [0.15, 0.2) is 30.0 Å². The number of halogens is 1. The third-order valence-electron chi connectivity index (χ3n) is 3.10. The van der Waals surface area contributed by atoms with E-state index in [9.17, 15) is 18.8 Å². The minimum atomic E-state index is -1.37. The number of anilines is 2. The van der Waals surface area contributed by atoms with Gasteiger partial charge < -0.3 is 19.5 Å². The molecule has 9 heteroatoms. The molecule has 2 N–H and O–H groups in total. The zero-order chi connectivity index (χ0) is 20.4. The third kappa shape index (κ3) is 5.70. The first-order chi connectivity index (χ1) is 12.4. The fraction of sp³-hybridized carbons (Fsp3) is 0.389. The Balaban J connectivity index is 2.14. The minimum Gasteiger partial charge on any atom is -0.444 e. The summed E-state index contributed by atoms with van der Waals surface area (Å²) in [5.74, 6) is -3.83. The molecule has 1 aliphatic heterocycles. The van der Waals surface area contributed by atoms with Gasteiger partial charge in [-0.15, -0.1) is 0 Å². The highest BCUT2D eigenvalue weighted by Crippen LogP contribution is 2.24. The molecule has 0 spiro atoms. The molecular formula is C18H21FN2O6. The van der Waals surface area contributed by atoms with E-state index < -0.39 is 40.8 Å². The lowest BCUT2D eigenvalue weighted by atomic mass is 10.2. The molecule has 1 aromatic rings. The van der Waals surface area contributed by atoms with E-state index >= 15 is 0 Å². The standard InChI is InChI=1S/C18H21FN2O6/c1-17(2,3)27-16(24)21-10-6-7-12(19)13(8-10)20-9-11-14(22)25-18(4,5)26-15(11)23/h6-9,20H,1-5H3,(H,21,24). The van der Waals surface area contributed by atoms with Crippen LogP contribution in [0.3, 0.4) is 0 Å². The number of carbonyl (C=O) groups excluding carboxylic acids is 3. The van der Waals surface area contributed by atoms with Crippen molar-refractivity contribution in [3.63, 3.8) is 0 Å². The molecule has 2 rings (SSSR count). The fourth-order valence-corrected chi connectivity index (χ4v) is 2.06. The summed E-state index contributed by atoms with van der Waals surface area (Å²) in [5.41, 5.74) is -0.937. The SMILES string of the molecule is CC(C)(C)OC(=O)Nc1ccc(F)c(NC=C2C(=O)OC(C)(C)OC2=O)c1. The lowest BCUT2D eigenvalue weighted by Gasteiger charge is -2.29.